The Kier molecular flexibility index (Phi) is 4.19. The average molecular weight is 347 g/mol. The molecule has 2 aliphatic heterocycles. The molecule has 1 amide bonds. The van der Waals surface area contributed by atoms with E-state index in [1.165, 1.54) is 49.9 Å². The van der Waals surface area contributed by atoms with E-state index in [4.69, 9.17) is 0 Å². The third-order valence-electron chi connectivity index (χ3n) is 5.87. The van der Waals surface area contributed by atoms with Gasteiger partial charge in [0.2, 0.25) is 5.91 Å². The quantitative estimate of drug-likeness (QED) is 0.674. The average Bonchev–Trinajstić information content (AvgIpc) is 2.69. The summed E-state index contributed by atoms with van der Waals surface area (Å²) in [5.74, 6) is 2.58. The van der Waals surface area contributed by atoms with Crippen molar-refractivity contribution >= 4 is 17.7 Å². The number of aromatic nitrogens is 2. The van der Waals surface area contributed by atoms with Crippen molar-refractivity contribution in [2.45, 2.75) is 62.4 Å². The normalized spacial score (nSPS) is 32.7. The van der Waals surface area contributed by atoms with Crippen LogP contribution in [0.25, 0.3) is 0 Å². The number of H-pyrrole nitrogens is 1. The number of aromatic amines is 1. The Morgan fingerprint density at radius 3 is 2.58 bits per heavy atom. The highest BCUT2D eigenvalue weighted by atomic mass is 32.2. The van der Waals surface area contributed by atoms with E-state index in [2.05, 4.69) is 14.9 Å². The highest BCUT2D eigenvalue weighted by molar-refractivity contribution is 8.00. The predicted octanol–water partition coefficient (Wildman–Crippen LogP) is 2.60. The van der Waals surface area contributed by atoms with Gasteiger partial charge in [0, 0.05) is 24.3 Å². The predicted molar refractivity (Wildman–Crippen MR) is 94.0 cm³/mol. The van der Waals surface area contributed by atoms with Crippen LogP contribution in [0, 0.1) is 24.7 Å². The standard InChI is InChI=1S/C18H25N3O2S/c1-10-3-16(22)20-18(19-10)24-11(2)17(23)21-9-14-5-12-4-13(6-14)8-15(21)7-12/h3,11-15H,4-9H2,1-2H3,(H,19,20,22)/t11?,12-,13+,14?,15?. The van der Waals surface area contributed by atoms with Crippen LogP contribution in [0.4, 0.5) is 0 Å². The van der Waals surface area contributed by atoms with Crippen molar-refractivity contribution in [3.63, 3.8) is 0 Å². The molecule has 5 nitrogen and oxygen atoms in total. The van der Waals surface area contributed by atoms with E-state index in [1.54, 1.807) is 6.92 Å². The summed E-state index contributed by atoms with van der Waals surface area (Å²) in [6, 6.07) is 1.90. The van der Waals surface area contributed by atoms with Gasteiger partial charge in [0.05, 0.1) is 5.25 Å². The summed E-state index contributed by atoms with van der Waals surface area (Å²) >= 11 is 1.37. The van der Waals surface area contributed by atoms with Gasteiger partial charge in [-0.3, -0.25) is 9.59 Å². The monoisotopic (exact) mass is 347 g/mol. The van der Waals surface area contributed by atoms with Crippen LogP contribution >= 0.6 is 11.8 Å². The summed E-state index contributed by atoms with van der Waals surface area (Å²) in [5.41, 5.74) is 0.530. The van der Waals surface area contributed by atoms with Crippen molar-refractivity contribution in [2.24, 2.45) is 17.8 Å². The SMILES string of the molecule is Cc1cc(=O)[nH]c(SC(C)C(=O)N2CC3C[C@@H]4CC2C[C@H](C3)C4)n1. The van der Waals surface area contributed by atoms with Crippen molar-refractivity contribution in [3.8, 4) is 0 Å². The van der Waals surface area contributed by atoms with Crippen LogP contribution in [0.5, 0.6) is 0 Å². The lowest BCUT2D eigenvalue weighted by molar-refractivity contribution is -0.133. The van der Waals surface area contributed by atoms with E-state index in [1.807, 2.05) is 6.92 Å². The third kappa shape index (κ3) is 3.13. The number of rotatable bonds is 3. The molecule has 1 aromatic rings. The first-order chi connectivity index (χ1) is 11.5. The maximum absolute atomic E-state index is 13.1. The zero-order chi connectivity index (χ0) is 16.8. The van der Waals surface area contributed by atoms with Gasteiger partial charge in [0.25, 0.3) is 5.56 Å². The summed E-state index contributed by atoms with van der Waals surface area (Å²) in [6.07, 6.45) is 6.38. The smallest absolute Gasteiger partial charge is 0.251 e. The fourth-order valence-electron chi connectivity index (χ4n) is 5.11. The fraction of sp³-hybridized carbons (Fsp3) is 0.722. The summed E-state index contributed by atoms with van der Waals surface area (Å²) in [4.78, 5) is 33.9. The molecule has 3 unspecified atom stereocenters. The third-order valence-corrected chi connectivity index (χ3v) is 6.85. The molecule has 2 saturated heterocycles. The van der Waals surface area contributed by atoms with Crippen LogP contribution in [0.15, 0.2) is 16.0 Å². The Morgan fingerprint density at radius 1 is 1.25 bits per heavy atom. The number of hydrogen-bond acceptors (Lipinski definition) is 4. The van der Waals surface area contributed by atoms with Gasteiger partial charge in [-0.25, -0.2) is 4.98 Å². The second kappa shape index (κ2) is 6.21. The molecule has 3 heterocycles. The molecule has 5 rings (SSSR count). The van der Waals surface area contributed by atoms with Crippen molar-refractivity contribution in [1.29, 1.82) is 0 Å². The van der Waals surface area contributed by atoms with E-state index in [-0.39, 0.29) is 16.7 Å². The number of nitrogens with one attached hydrogen (secondary N) is 1. The van der Waals surface area contributed by atoms with E-state index in [9.17, 15) is 9.59 Å². The van der Waals surface area contributed by atoms with Crippen molar-refractivity contribution in [2.75, 3.05) is 6.54 Å². The van der Waals surface area contributed by atoms with E-state index < -0.39 is 0 Å². The lowest BCUT2D eigenvalue weighted by atomic mass is 9.68. The molecule has 24 heavy (non-hydrogen) atoms. The largest absolute Gasteiger partial charge is 0.338 e. The summed E-state index contributed by atoms with van der Waals surface area (Å²) < 4.78 is 0. The highest BCUT2D eigenvalue weighted by Crippen LogP contribution is 2.47. The molecule has 130 valence electrons. The van der Waals surface area contributed by atoms with Crippen LogP contribution in [-0.4, -0.2) is 38.6 Å². The minimum atomic E-state index is -0.217. The molecule has 1 aromatic heterocycles. The molecular weight excluding hydrogens is 322 g/mol. The van der Waals surface area contributed by atoms with Crippen LogP contribution in [-0.2, 0) is 4.79 Å². The number of fused-ring (bicyclic) bond motifs is 1. The zero-order valence-corrected chi connectivity index (χ0v) is 15.1. The Balaban J connectivity index is 1.49. The van der Waals surface area contributed by atoms with Crippen molar-refractivity contribution in [1.82, 2.24) is 14.9 Å². The van der Waals surface area contributed by atoms with Crippen molar-refractivity contribution in [3.05, 3.63) is 22.1 Å². The Morgan fingerprint density at radius 2 is 1.92 bits per heavy atom. The Hall–Kier alpha value is -1.30. The van der Waals surface area contributed by atoms with E-state index in [0.717, 1.165) is 18.4 Å². The number of thioether (sulfide) groups is 1. The fourth-order valence-corrected chi connectivity index (χ4v) is 6.04. The minimum Gasteiger partial charge on any atom is -0.338 e. The number of carbonyl (C=O) groups excluding carboxylic acids is 1. The van der Waals surface area contributed by atoms with Gasteiger partial charge < -0.3 is 9.88 Å². The van der Waals surface area contributed by atoms with Crippen LogP contribution in [0.1, 0.15) is 44.7 Å². The highest BCUT2D eigenvalue weighted by Gasteiger charge is 2.44. The molecule has 0 radical (unpaired) electrons. The number of amides is 1. The zero-order valence-electron chi connectivity index (χ0n) is 14.3. The molecular formula is C18H25N3O2S. The first-order valence-corrected chi connectivity index (χ1v) is 9.91. The van der Waals surface area contributed by atoms with Gasteiger partial charge in [-0.1, -0.05) is 11.8 Å². The molecule has 2 saturated carbocycles. The summed E-state index contributed by atoms with van der Waals surface area (Å²) in [5, 5.41) is 0.326. The second-order valence-corrected chi connectivity index (χ2v) is 9.20. The second-order valence-electron chi connectivity index (χ2n) is 7.87. The molecule has 4 fully saturated rings. The van der Waals surface area contributed by atoms with Gasteiger partial charge in [0.15, 0.2) is 5.16 Å². The van der Waals surface area contributed by atoms with Crippen LogP contribution < -0.4 is 5.56 Å². The first kappa shape index (κ1) is 16.2. The summed E-state index contributed by atoms with van der Waals surface area (Å²) in [7, 11) is 0. The maximum atomic E-state index is 13.1. The number of nitrogens with zero attached hydrogens (tertiary/aromatic N) is 2. The van der Waals surface area contributed by atoms with E-state index >= 15 is 0 Å². The molecule has 2 aliphatic carbocycles. The molecule has 0 spiro atoms. The minimum absolute atomic E-state index is 0.157. The number of hydrogen-bond donors (Lipinski definition) is 1. The van der Waals surface area contributed by atoms with E-state index in [0.29, 0.717) is 22.8 Å². The lowest BCUT2D eigenvalue weighted by Gasteiger charge is -2.39. The van der Waals surface area contributed by atoms with Gasteiger partial charge in [-0.05, 0) is 63.7 Å². The first-order valence-electron chi connectivity index (χ1n) is 9.03. The molecule has 5 atom stereocenters. The molecule has 0 aromatic carbocycles. The van der Waals surface area contributed by atoms with Crippen LogP contribution in [0.2, 0.25) is 0 Å². The molecule has 4 aliphatic rings. The van der Waals surface area contributed by atoms with Gasteiger partial charge in [-0.2, -0.15) is 0 Å². The Labute approximate surface area is 146 Å². The van der Waals surface area contributed by atoms with Gasteiger partial charge >= 0.3 is 0 Å². The molecule has 1 N–H and O–H groups in total. The summed E-state index contributed by atoms with van der Waals surface area (Å²) in [6.45, 7) is 4.67. The topological polar surface area (TPSA) is 66.1 Å². The maximum Gasteiger partial charge on any atom is 0.251 e. The van der Waals surface area contributed by atoms with Crippen LogP contribution in [0.3, 0.4) is 0 Å². The number of carbonyl (C=O) groups is 1. The van der Waals surface area contributed by atoms with Gasteiger partial charge in [0.1, 0.15) is 0 Å². The molecule has 4 bridgehead atoms. The lowest BCUT2D eigenvalue weighted by Crippen LogP contribution is -2.45. The molecule has 6 heteroatoms. The van der Waals surface area contributed by atoms with Gasteiger partial charge in [-0.15, -0.1) is 0 Å². The van der Waals surface area contributed by atoms with Crippen molar-refractivity contribution < 1.29 is 4.79 Å². The number of aryl methyl sites for hydroxylation is 1. The Bertz CT molecular complexity index is 690.